The Morgan fingerprint density at radius 3 is 2.68 bits per heavy atom. The first-order valence-electron chi connectivity index (χ1n) is 9.25. The smallest absolute Gasteiger partial charge is 0.0837 e. The average Bonchev–Trinajstić information content (AvgIpc) is 2.97. The molecule has 1 aromatic carbocycles. The summed E-state index contributed by atoms with van der Waals surface area (Å²) in [6, 6.07) is 14.9. The van der Waals surface area contributed by atoms with Crippen molar-refractivity contribution in [3.05, 3.63) is 65.5 Å². The third-order valence-electron chi connectivity index (χ3n) is 5.79. The van der Waals surface area contributed by atoms with Gasteiger partial charge < -0.3 is 9.84 Å². The lowest BCUT2D eigenvalue weighted by atomic mass is 9.73. The summed E-state index contributed by atoms with van der Waals surface area (Å²) in [5.74, 6) is 0. The Morgan fingerprint density at radius 1 is 1.12 bits per heavy atom. The van der Waals surface area contributed by atoms with E-state index in [0.717, 1.165) is 44.6 Å². The lowest BCUT2D eigenvalue weighted by Crippen LogP contribution is -2.41. The summed E-state index contributed by atoms with van der Waals surface area (Å²) in [4.78, 5) is 6.97. The molecule has 132 valence electrons. The van der Waals surface area contributed by atoms with E-state index in [9.17, 15) is 0 Å². The minimum atomic E-state index is 0.0868. The molecule has 0 saturated carbocycles. The Labute approximate surface area is 149 Å². The number of aromatic nitrogens is 1. The van der Waals surface area contributed by atoms with Gasteiger partial charge in [0.05, 0.1) is 25.0 Å². The molecule has 4 heteroatoms. The van der Waals surface area contributed by atoms with Crippen molar-refractivity contribution in [3.8, 4) is 0 Å². The predicted molar refractivity (Wildman–Crippen MR) is 97.3 cm³/mol. The maximum Gasteiger partial charge on any atom is 0.0837 e. The number of pyridine rings is 1. The minimum absolute atomic E-state index is 0.0868. The third-order valence-corrected chi connectivity index (χ3v) is 5.79. The molecule has 0 bridgehead atoms. The van der Waals surface area contributed by atoms with Gasteiger partial charge in [0.1, 0.15) is 0 Å². The number of hydrogen-bond acceptors (Lipinski definition) is 4. The summed E-state index contributed by atoms with van der Waals surface area (Å²) in [6.07, 6.45) is 5.37. The van der Waals surface area contributed by atoms with Gasteiger partial charge in [-0.2, -0.15) is 0 Å². The lowest BCUT2D eigenvalue weighted by molar-refractivity contribution is 0.0127. The van der Waals surface area contributed by atoms with Gasteiger partial charge in [0.2, 0.25) is 0 Å². The Hall–Kier alpha value is -1.75. The van der Waals surface area contributed by atoms with Crippen LogP contribution >= 0.6 is 0 Å². The second kappa shape index (κ2) is 7.24. The molecule has 2 aliphatic rings. The van der Waals surface area contributed by atoms with Crippen LogP contribution in [0.1, 0.15) is 42.2 Å². The molecule has 4 rings (SSSR count). The summed E-state index contributed by atoms with van der Waals surface area (Å²) in [5, 5.41) is 9.11. The number of fused-ring (bicyclic) bond motifs is 2. The molecule has 1 fully saturated rings. The zero-order valence-corrected chi connectivity index (χ0v) is 14.6. The molecule has 1 aliphatic heterocycles. The number of aliphatic hydroxyl groups is 1. The quantitative estimate of drug-likeness (QED) is 0.910. The standard InChI is InChI=1S/C21H26N2O2/c24-13-14-25-20-15-21(19-7-2-1-6-18(19)20)8-11-23(12-9-21)16-17-5-3-4-10-22-17/h1-7,10,20,24H,8-9,11-16H2/t20-/m0/s1. The van der Waals surface area contributed by atoms with Crippen molar-refractivity contribution in [3.63, 3.8) is 0 Å². The van der Waals surface area contributed by atoms with E-state index in [1.165, 1.54) is 11.1 Å². The monoisotopic (exact) mass is 338 g/mol. The van der Waals surface area contributed by atoms with Gasteiger partial charge >= 0.3 is 0 Å². The van der Waals surface area contributed by atoms with E-state index in [2.05, 4.69) is 46.3 Å². The van der Waals surface area contributed by atoms with Crippen molar-refractivity contribution in [2.75, 3.05) is 26.3 Å². The van der Waals surface area contributed by atoms with E-state index >= 15 is 0 Å². The fraction of sp³-hybridized carbons (Fsp3) is 0.476. The summed E-state index contributed by atoms with van der Waals surface area (Å²) < 4.78 is 5.96. The number of rotatable bonds is 5. The molecule has 1 atom stereocenters. The first-order valence-corrected chi connectivity index (χ1v) is 9.25. The van der Waals surface area contributed by atoms with Crippen molar-refractivity contribution < 1.29 is 9.84 Å². The topological polar surface area (TPSA) is 45.6 Å². The molecule has 0 radical (unpaired) electrons. The molecule has 1 spiro atoms. The molecule has 0 amide bonds. The molecule has 25 heavy (non-hydrogen) atoms. The summed E-state index contributed by atoms with van der Waals surface area (Å²) >= 11 is 0. The molecule has 1 saturated heterocycles. The van der Waals surface area contributed by atoms with Crippen molar-refractivity contribution >= 4 is 0 Å². The number of ether oxygens (including phenoxy) is 1. The highest BCUT2D eigenvalue weighted by Crippen LogP contribution is 2.51. The van der Waals surface area contributed by atoms with E-state index in [-0.39, 0.29) is 18.1 Å². The number of benzene rings is 1. The van der Waals surface area contributed by atoms with Crippen LogP contribution in [0.5, 0.6) is 0 Å². The van der Waals surface area contributed by atoms with Crippen molar-refractivity contribution in [1.29, 1.82) is 0 Å². The molecule has 2 heterocycles. The van der Waals surface area contributed by atoms with Crippen LogP contribution in [-0.4, -0.2) is 41.3 Å². The van der Waals surface area contributed by atoms with Crippen LogP contribution in [0.2, 0.25) is 0 Å². The third kappa shape index (κ3) is 3.34. The van der Waals surface area contributed by atoms with Crippen LogP contribution in [0.3, 0.4) is 0 Å². The molecule has 1 aliphatic carbocycles. The van der Waals surface area contributed by atoms with Gasteiger partial charge in [0.15, 0.2) is 0 Å². The molecule has 1 N–H and O–H groups in total. The molecule has 1 aromatic heterocycles. The molecule has 0 unspecified atom stereocenters. The van der Waals surface area contributed by atoms with Crippen molar-refractivity contribution in [1.82, 2.24) is 9.88 Å². The normalized spacial score (nSPS) is 22.2. The Balaban J connectivity index is 1.47. The number of aliphatic hydroxyl groups excluding tert-OH is 1. The van der Waals surface area contributed by atoms with Crippen LogP contribution in [0, 0.1) is 0 Å². The van der Waals surface area contributed by atoms with E-state index in [1.807, 2.05) is 12.3 Å². The first kappa shape index (κ1) is 16.7. The highest BCUT2D eigenvalue weighted by molar-refractivity contribution is 5.42. The first-order chi connectivity index (χ1) is 12.3. The predicted octanol–water partition coefficient (Wildman–Crippen LogP) is 3.07. The average molecular weight is 338 g/mol. The fourth-order valence-electron chi connectivity index (χ4n) is 4.51. The van der Waals surface area contributed by atoms with Gasteiger partial charge in [-0.15, -0.1) is 0 Å². The van der Waals surface area contributed by atoms with Gasteiger partial charge in [0.25, 0.3) is 0 Å². The minimum Gasteiger partial charge on any atom is -0.394 e. The summed E-state index contributed by atoms with van der Waals surface area (Å²) in [6.45, 7) is 3.63. The molecule has 2 aromatic rings. The number of nitrogens with zero attached hydrogens (tertiary/aromatic N) is 2. The van der Waals surface area contributed by atoms with Crippen LogP contribution in [0.4, 0.5) is 0 Å². The van der Waals surface area contributed by atoms with E-state index in [4.69, 9.17) is 9.84 Å². The molecular weight excluding hydrogens is 312 g/mol. The number of hydrogen-bond donors (Lipinski definition) is 1. The maximum absolute atomic E-state index is 9.11. The largest absolute Gasteiger partial charge is 0.394 e. The Morgan fingerprint density at radius 2 is 1.92 bits per heavy atom. The number of piperidine rings is 1. The number of likely N-dealkylation sites (tertiary alicyclic amines) is 1. The lowest BCUT2D eigenvalue weighted by Gasteiger charge is -2.40. The van der Waals surface area contributed by atoms with Crippen LogP contribution in [0.25, 0.3) is 0 Å². The summed E-state index contributed by atoms with van der Waals surface area (Å²) in [5.41, 5.74) is 4.18. The Kier molecular flexibility index (Phi) is 4.84. The van der Waals surface area contributed by atoms with E-state index < -0.39 is 0 Å². The van der Waals surface area contributed by atoms with E-state index in [0.29, 0.717) is 6.61 Å². The molecule has 4 nitrogen and oxygen atoms in total. The van der Waals surface area contributed by atoms with Gasteiger partial charge in [-0.1, -0.05) is 30.3 Å². The van der Waals surface area contributed by atoms with Gasteiger partial charge in [-0.3, -0.25) is 9.88 Å². The second-order valence-corrected chi connectivity index (χ2v) is 7.25. The molecular formula is C21H26N2O2. The van der Waals surface area contributed by atoms with Gasteiger partial charge in [0, 0.05) is 18.2 Å². The SMILES string of the molecule is OCCO[C@H]1CC2(CCN(Cc3ccccn3)CC2)c2ccccc21. The van der Waals surface area contributed by atoms with Crippen LogP contribution in [-0.2, 0) is 16.7 Å². The van der Waals surface area contributed by atoms with E-state index in [1.54, 1.807) is 0 Å². The highest BCUT2D eigenvalue weighted by Gasteiger charge is 2.45. The van der Waals surface area contributed by atoms with Crippen molar-refractivity contribution in [2.24, 2.45) is 0 Å². The fourth-order valence-corrected chi connectivity index (χ4v) is 4.51. The van der Waals surface area contributed by atoms with Gasteiger partial charge in [-0.25, -0.2) is 0 Å². The Bertz CT molecular complexity index is 696. The van der Waals surface area contributed by atoms with Gasteiger partial charge in [-0.05, 0) is 55.6 Å². The highest BCUT2D eigenvalue weighted by atomic mass is 16.5. The summed E-state index contributed by atoms with van der Waals surface area (Å²) in [7, 11) is 0. The van der Waals surface area contributed by atoms with Crippen LogP contribution < -0.4 is 0 Å². The second-order valence-electron chi connectivity index (χ2n) is 7.25. The zero-order valence-electron chi connectivity index (χ0n) is 14.6. The van der Waals surface area contributed by atoms with Crippen molar-refractivity contribution in [2.45, 2.75) is 37.3 Å². The zero-order chi connectivity index (χ0) is 17.1. The maximum atomic E-state index is 9.11. The van der Waals surface area contributed by atoms with Crippen LogP contribution in [0.15, 0.2) is 48.7 Å².